The van der Waals surface area contributed by atoms with Gasteiger partial charge in [0.15, 0.2) is 5.78 Å². The van der Waals surface area contributed by atoms with Crippen LogP contribution < -0.4 is 0 Å². The summed E-state index contributed by atoms with van der Waals surface area (Å²) in [5, 5.41) is 0. The summed E-state index contributed by atoms with van der Waals surface area (Å²) in [6.07, 6.45) is 3.99. The monoisotopic (exact) mass is 250 g/mol. The quantitative estimate of drug-likeness (QED) is 0.746. The average molecular weight is 250 g/mol. The highest BCUT2D eigenvalue weighted by molar-refractivity contribution is 5.95. The largest absolute Gasteiger partial charge is 0.294 e. The van der Waals surface area contributed by atoms with Gasteiger partial charge in [0.1, 0.15) is 0 Å². The van der Waals surface area contributed by atoms with Crippen molar-refractivity contribution in [1.29, 1.82) is 0 Å². The fourth-order valence-electron chi connectivity index (χ4n) is 1.83. The highest BCUT2D eigenvalue weighted by Crippen LogP contribution is 2.07. The van der Waals surface area contributed by atoms with Crippen molar-refractivity contribution in [3.63, 3.8) is 0 Å². The number of aryl methyl sites for hydroxylation is 2. The maximum Gasteiger partial charge on any atom is 0.160 e. The zero-order valence-corrected chi connectivity index (χ0v) is 11.4. The second kappa shape index (κ2) is 6.14. The highest BCUT2D eigenvalue weighted by Gasteiger charge is 1.99. The number of hydrogen-bond donors (Lipinski definition) is 0. The van der Waals surface area contributed by atoms with E-state index in [9.17, 15) is 4.79 Å². The van der Waals surface area contributed by atoms with Crippen LogP contribution in [0.25, 0.3) is 6.08 Å². The molecule has 1 nitrogen and oxygen atoms in total. The van der Waals surface area contributed by atoms with Gasteiger partial charge < -0.3 is 0 Å². The van der Waals surface area contributed by atoms with Crippen molar-refractivity contribution in [2.75, 3.05) is 0 Å². The van der Waals surface area contributed by atoms with Crippen molar-refractivity contribution in [1.82, 2.24) is 0 Å². The van der Waals surface area contributed by atoms with Gasteiger partial charge >= 0.3 is 0 Å². The summed E-state index contributed by atoms with van der Waals surface area (Å²) >= 11 is 0. The van der Waals surface area contributed by atoms with E-state index in [2.05, 4.69) is 6.92 Å². The Morgan fingerprint density at radius 1 is 0.895 bits per heavy atom. The molecule has 0 aliphatic rings. The Bertz CT molecular complexity index is 574. The number of allylic oxidation sites excluding steroid dienone is 1. The second-order valence-corrected chi connectivity index (χ2v) is 4.87. The summed E-state index contributed by atoms with van der Waals surface area (Å²) in [6.45, 7) is 4.10. The van der Waals surface area contributed by atoms with Crippen LogP contribution in [-0.2, 0) is 11.2 Å². The van der Waals surface area contributed by atoms with Crippen molar-refractivity contribution in [2.24, 2.45) is 0 Å². The first-order valence-electron chi connectivity index (χ1n) is 6.46. The zero-order valence-electron chi connectivity index (χ0n) is 11.4. The molecular weight excluding hydrogens is 232 g/mol. The van der Waals surface area contributed by atoms with E-state index < -0.39 is 0 Å². The minimum absolute atomic E-state index is 0.129. The summed E-state index contributed by atoms with van der Waals surface area (Å²) < 4.78 is 0. The van der Waals surface area contributed by atoms with E-state index in [0.717, 1.165) is 11.1 Å². The Morgan fingerprint density at radius 3 is 2.00 bits per heavy atom. The smallest absolute Gasteiger partial charge is 0.160 e. The third kappa shape index (κ3) is 4.22. The molecule has 19 heavy (non-hydrogen) atoms. The summed E-state index contributed by atoms with van der Waals surface area (Å²) in [4.78, 5) is 11.9. The molecule has 0 atom stereocenters. The highest BCUT2D eigenvalue weighted by atomic mass is 16.1. The number of rotatable bonds is 4. The van der Waals surface area contributed by atoms with Gasteiger partial charge in [-0.1, -0.05) is 65.7 Å². The van der Waals surface area contributed by atoms with Crippen molar-refractivity contribution in [3.05, 3.63) is 76.9 Å². The lowest BCUT2D eigenvalue weighted by atomic mass is 10.1. The normalized spacial score (nSPS) is 10.8. The maximum absolute atomic E-state index is 11.9. The predicted octanol–water partition coefficient (Wildman–Crippen LogP) is 4.13. The van der Waals surface area contributed by atoms with Gasteiger partial charge in [0.2, 0.25) is 0 Å². The van der Waals surface area contributed by atoms with Crippen molar-refractivity contribution < 1.29 is 4.79 Å². The molecule has 0 spiro atoms. The van der Waals surface area contributed by atoms with Crippen LogP contribution in [-0.4, -0.2) is 5.78 Å². The van der Waals surface area contributed by atoms with Crippen LogP contribution in [0.15, 0.2) is 54.6 Å². The fraction of sp³-hybridized carbons (Fsp3) is 0.167. The molecule has 96 valence electrons. The van der Waals surface area contributed by atoms with Crippen LogP contribution >= 0.6 is 0 Å². The molecule has 0 bridgehead atoms. The third-order valence-electron chi connectivity index (χ3n) is 3.04. The van der Waals surface area contributed by atoms with Gasteiger partial charge in [0, 0.05) is 6.42 Å². The summed E-state index contributed by atoms with van der Waals surface area (Å²) in [6, 6.07) is 16.2. The molecule has 0 amide bonds. The number of hydrogen-bond acceptors (Lipinski definition) is 1. The molecule has 0 aromatic heterocycles. The molecule has 0 N–H and O–H groups in total. The summed E-state index contributed by atoms with van der Waals surface area (Å²) in [5.74, 6) is 0.129. The molecule has 1 heteroatoms. The van der Waals surface area contributed by atoms with Gasteiger partial charge in [-0.25, -0.2) is 0 Å². The van der Waals surface area contributed by atoms with Gasteiger partial charge in [-0.15, -0.1) is 0 Å². The average Bonchev–Trinajstić information content (AvgIpc) is 2.41. The molecule has 0 heterocycles. The Balaban J connectivity index is 1.97. The van der Waals surface area contributed by atoms with Crippen LogP contribution in [0.3, 0.4) is 0 Å². The molecule has 2 rings (SSSR count). The Labute approximate surface area is 114 Å². The molecule has 0 radical (unpaired) electrons. The number of carbonyl (C=O) groups is 1. The van der Waals surface area contributed by atoms with Gasteiger partial charge in [0.05, 0.1) is 0 Å². The van der Waals surface area contributed by atoms with Crippen molar-refractivity contribution in [3.8, 4) is 0 Å². The minimum atomic E-state index is 0.129. The molecule has 0 saturated carbocycles. The topological polar surface area (TPSA) is 17.1 Å². The van der Waals surface area contributed by atoms with E-state index in [1.807, 2.05) is 61.5 Å². The molecule has 0 fully saturated rings. The molecule has 2 aromatic rings. The van der Waals surface area contributed by atoms with E-state index in [0.29, 0.717) is 6.42 Å². The summed E-state index contributed by atoms with van der Waals surface area (Å²) in [7, 11) is 0. The van der Waals surface area contributed by atoms with Gasteiger partial charge in [-0.05, 0) is 31.1 Å². The lowest BCUT2D eigenvalue weighted by Crippen LogP contribution is -1.98. The molecular formula is C18H18O. The van der Waals surface area contributed by atoms with E-state index in [-0.39, 0.29) is 5.78 Å². The van der Waals surface area contributed by atoms with Crippen LogP contribution in [0, 0.1) is 13.8 Å². The van der Waals surface area contributed by atoms with E-state index in [4.69, 9.17) is 0 Å². The van der Waals surface area contributed by atoms with Gasteiger partial charge in [0.25, 0.3) is 0 Å². The predicted molar refractivity (Wildman–Crippen MR) is 80.1 cm³/mol. The Kier molecular flexibility index (Phi) is 4.30. The van der Waals surface area contributed by atoms with E-state index in [1.165, 1.54) is 11.1 Å². The number of benzene rings is 2. The fourth-order valence-corrected chi connectivity index (χ4v) is 1.83. The van der Waals surface area contributed by atoms with Gasteiger partial charge in [-0.2, -0.15) is 0 Å². The van der Waals surface area contributed by atoms with Crippen LogP contribution in [0.5, 0.6) is 0 Å². The van der Waals surface area contributed by atoms with Crippen LogP contribution in [0.4, 0.5) is 0 Å². The Morgan fingerprint density at radius 2 is 1.42 bits per heavy atom. The zero-order chi connectivity index (χ0) is 13.7. The van der Waals surface area contributed by atoms with Gasteiger partial charge in [-0.3, -0.25) is 4.79 Å². The second-order valence-electron chi connectivity index (χ2n) is 4.87. The first kappa shape index (κ1) is 13.3. The molecule has 0 aliphatic heterocycles. The maximum atomic E-state index is 11.9. The number of carbonyl (C=O) groups excluding carboxylic acids is 1. The van der Waals surface area contributed by atoms with Crippen LogP contribution in [0.1, 0.15) is 22.3 Å². The standard InChI is InChI=1S/C18H18O/c1-14-3-7-16(8-4-14)11-12-18(19)13-17-9-5-15(2)6-10-17/h3-12H,13H2,1-2H3/b12-11+. The molecule has 0 aliphatic carbocycles. The summed E-state index contributed by atoms with van der Waals surface area (Å²) in [5.41, 5.74) is 4.56. The minimum Gasteiger partial charge on any atom is -0.294 e. The molecule has 0 saturated heterocycles. The third-order valence-corrected chi connectivity index (χ3v) is 3.04. The molecule has 2 aromatic carbocycles. The molecule has 0 unspecified atom stereocenters. The van der Waals surface area contributed by atoms with Crippen molar-refractivity contribution in [2.45, 2.75) is 20.3 Å². The Hall–Kier alpha value is -2.15. The van der Waals surface area contributed by atoms with E-state index >= 15 is 0 Å². The first-order chi connectivity index (χ1) is 9.13. The van der Waals surface area contributed by atoms with Crippen LogP contribution in [0.2, 0.25) is 0 Å². The first-order valence-corrected chi connectivity index (χ1v) is 6.46. The van der Waals surface area contributed by atoms with E-state index in [1.54, 1.807) is 6.08 Å². The SMILES string of the molecule is Cc1ccc(/C=C/C(=O)Cc2ccc(C)cc2)cc1. The van der Waals surface area contributed by atoms with Crippen molar-refractivity contribution >= 4 is 11.9 Å². The lowest BCUT2D eigenvalue weighted by molar-refractivity contribution is -0.113. The lowest BCUT2D eigenvalue weighted by Gasteiger charge is -1.99. The number of ketones is 1.